The second kappa shape index (κ2) is 11.3. The highest BCUT2D eigenvalue weighted by molar-refractivity contribution is 5.14. The van der Waals surface area contributed by atoms with Gasteiger partial charge in [0, 0.05) is 13.0 Å². The van der Waals surface area contributed by atoms with E-state index < -0.39 is 0 Å². The zero-order valence-corrected chi connectivity index (χ0v) is 14.4. The third-order valence-electron chi connectivity index (χ3n) is 4.22. The third kappa shape index (κ3) is 7.20. The minimum Gasteiger partial charge on any atom is -0.370 e. The largest absolute Gasteiger partial charge is 0.370 e. The van der Waals surface area contributed by atoms with E-state index in [0.29, 0.717) is 6.61 Å². The van der Waals surface area contributed by atoms with Gasteiger partial charge in [0.05, 0.1) is 12.7 Å². The first kappa shape index (κ1) is 18.0. The van der Waals surface area contributed by atoms with Gasteiger partial charge in [0.1, 0.15) is 6.10 Å². The molecule has 126 valence electrons. The van der Waals surface area contributed by atoms with E-state index >= 15 is 0 Å². The number of rotatable bonds is 6. The average Bonchev–Trinajstić information content (AvgIpc) is 2.57. The van der Waals surface area contributed by atoms with E-state index in [1.54, 1.807) is 0 Å². The summed E-state index contributed by atoms with van der Waals surface area (Å²) in [7, 11) is 0. The van der Waals surface area contributed by atoms with E-state index in [4.69, 9.17) is 9.47 Å². The fraction of sp³-hybridized carbons (Fsp3) is 0.619. The van der Waals surface area contributed by atoms with Crippen molar-refractivity contribution in [3.8, 4) is 11.8 Å². The van der Waals surface area contributed by atoms with E-state index in [-0.39, 0.29) is 12.2 Å². The van der Waals surface area contributed by atoms with Crippen molar-refractivity contribution in [2.24, 2.45) is 0 Å². The normalized spacial score (nSPS) is 21.8. The summed E-state index contributed by atoms with van der Waals surface area (Å²) in [5.41, 5.74) is 1.21. The van der Waals surface area contributed by atoms with E-state index in [2.05, 4.69) is 43.0 Å². The highest BCUT2D eigenvalue weighted by Crippen LogP contribution is 2.19. The lowest BCUT2D eigenvalue weighted by Crippen LogP contribution is -2.32. The third-order valence-corrected chi connectivity index (χ3v) is 4.22. The smallest absolute Gasteiger partial charge is 0.144 e. The maximum absolute atomic E-state index is 6.17. The molecule has 0 N–H and O–H groups in total. The fourth-order valence-corrected chi connectivity index (χ4v) is 2.81. The van der Waals surface area contributed by atoms with Gasteiger partial charge in [-0.3, -0.25) is 0 Å². The Balaban J connectivity index is 1.89. The minimum absolute atomic E-state index is 0.0689. The molecule has 0 saturated carbocycles. The molecule has 0 radical (unpaired) electrons. The standard InChI is InChI=1S/C21H30O2/c1-2-3-4-5-10-15-20-21(16-11-7-12-17-22-20)23-18-19-13-8-6-9-14-19/h6,8-9,13-14,20-21H,2-5,7,11-12,16-18H2,1H3/t20-,21+/m0/s1. The molecule has 1 fully saturated rings. The Morgan fingerprint density at radius 2 is 2.00 bits per heavy atom. The monoisotopic (exact) mass is 314 g/mol. The van der Waals surface area contributed by atoms with Crippen LogP contribution in [0.15, 0.2) is 30.3 Å². The molecule has 2 atom stereocenters. The summed E-state index contributed by atoms with van der Waals surface area (Å²) in [4.78, 5) is 0. The van der Waals surface area contributed by atoms with Gasteiger partial charge < -0.3 is 9.47 Å². The highest BCUT2D eigenvalue weighted by atomic mass is 16.5. The summed E-state index contributed by atoms with van der Waals surface area (Å²) < 4.78 is 12.2. The lowest BCUT2D eigenvalue weighted by Gasteiger charge is -2.26. The van der Waals surface area contributed by atoms with Crippen molar-refractivity contribution in [2.75, 3.05) is 6.61 Å². The first-order valence-electron chi connectivity index (χ1n) is 9.15. The zero-order chi connectivity index (χ0) is 16.2. The number of hydrogen-bond donors (Lipinski definition) is 0. The molecule has 0 unspecified atom stereocenters. The van der Waals surface area contributed by atoms with Crippen molar-refractivity contribution in [3.63, 3.8) is 0 Å². The van der Waals surface area contributed by atoms with Crippen molar-refractivity contribution in [3.05, 3.63) is 35.9 Å². The second-order valence-corrected chi connectivity index (χ2v) is 6.25. The molecule has 1 aliphatic heterocycles. The van der Waals surface area contributed by atoms with E-state index in [0.717, 1.165) is 25.9 Å². The molecule has 0 aromatic heterocycles. The topological polar surface area (TPSA) is 18.5 Å². The maximum atomic E-state index is 6.17. The van der Waals surface area contributed by atoms with Gasteiger partial charge in [-0.05, 0) is 24.8 Å². The second-order valence-electron chi connectivity index (χ2n) is 6.25. The molecule has 0 spiro atoms. The van der Waals surface area contributed by atoms with Crippen LogP contribution in [0.2, 0.25) is 0 Å². The van der Waals surface area contributed by atoms with E-state index in [1.807, 2.05) is 6.07 Å². The van der Waals surface area contributed by atoms with Crippen molar-refractivity contribution in [1.29, 1.82) is 0 Å². The van der Waals surface area contributed by atoms with Crippen molar-refractivity contribution in [1.82, 2.24) is 0 Å². The van der Waals surface area contributed by atoms with Gasteiger partial charge >= 0.3 is 0 Å². The summed E-state index contributed by atoms with van der Waals surface area (Å²) in [5, 5.41) is 0. The Hall–Kier alpha value is -1.30. The summed E-state index contributed by atoms with van der Waals surface area (Å²) in [6, 6.07) is 10.4. The molecule has 0 bridgehead atoms. The van der Waals surface area contributed by atoms with Crippen LogP contribution >= 0.6 is 0 Å². The first-order valence-corrected chi connectivity index (χ1v) is 9.15. The van der Waals surface area contributed by atoms with Gasteiger partial charge in [-0.1, -0.05) is 68.9 Å². The minimum atomic E-state index is -0.0689. The van der Waals surface area contributed by atoms with Crippen LogP contribution < -0.4 is 0 Å². The fourth-order valence-electron chi connectivity index (χ4n) is 2.81. The van der Waals surface area contributed by atoms with Gasteiger partial charge in [-0.25, -0.2) is 0 Å². The van der Waals surface area contributed by atoms with Crippen molar-refractivity contribution in [2.45, 2.75) is 77.1 Å². The van der Waals surface area contributed by atoms with Crippen LogP contribution in [0.5, 0.6) is 0 Å². The number of hydrogen-bond acceptors (Lipinski definition) is 2. The number of ether oxygens (including phenoxy) is 2. The predicted octanol–water partition coefficient (Wildman–Crippen LogP) is 5.11. The SMILES string of the molecule is CCCCCC#C[C@@H]1OCCCCC[C@H]1OCc1ccccc1. The number of unbranched alkanes of at least 4 members (excludes halogenated alkanes) is 3. The Kier molecular flexibility index (Phi) is 8.84. The van der Waals surface area contributed by atoms with Crippen LogP contribution in [-0.2, 0) is 16.1 Å². The summed E-state index contributed by atoms with van der Waals surface area (Å²) in [6.07, 6.45) is 9.29. The summed E-state index contributed by atoms with van der Waals surface area (Å²) in [5.74, 6) is 6.65. The molecule has 1 aromatic rings. The van der Waals surface area contributed by atoms with Crippen LogP contribution in [-0.4, -0.2) is 18.8 Å². The van der Waals surface area contributed by atoms with Gasteiger partial charge in [0.2, 0.25) is 0 Å². The maximum Gasteiger partial charge on any atom is 0.144 e. The van der Waals surface area contributed by atoms with Gasteiger partial charge in [0.25, 0.3) is 0 Å². The summed E-state index contributed by atoms with van der Waals surface area (Å²) in [6.45, 7) is 3.67. The summed E-state index contributed by atoms with van der Waals surface area (Å²) >= 11 is 0. The average molecular weight is 314 g/mol. The molecule has 2 heteroatoms. The molecule has 1 aromatic carbocycles. The highest BCUT2D eigenvalue weighted by Gasteiger charge is 2.22. The van der Waals surface area contributed by atoms with Gasteiger partial charge in [-0.15, -0.1) is 5.92 Å². The van der Waals surface area contributed by atoms with Crippen LogP contribution in [0.4, 0.5) is 0 Å². The van der Waals surface area contributed by atoms with Crippen molar-refractivity contribution >= 4 is 0 Å². The van der Waals surface area contributed by atoms with E-state index in [9.17, 15) is 0 Å². The zero-order valence-electron chi connectivity index (χ0n) is 14.4. The Morgan fingerprint density at radius 3 is 2.83 bits per heavy atom. The van der Waals surface area contributed by atoms with Crippen LogP contribution in [0.1, 0.15) is 63.9 Å². The molecule has 1 saturated heterocycles. The molecule has 23 heavy (non-hydrogen) atoms. The molecule has 2 nitrogen and oxygen atoms in total. The van der Waals surface area contributed by atoms with Crippen LogP contribution in [0.3, 0.4) is 0 Å². The lowest BCUT2D eigenvalue weighted by atomic mass is 10.0. The van der Waals surface area contributed by atoms with Gasteiger partial charge in [-0.2, -0.15) is 0 Å². The van der Waals surface area contributed by atoms with Crippen LogP contribution in [0, 0.1) is 11.8 Å². The molecule has 2 rings (SSSR count). The predicted molar refractivity (Wildman–Crippen MR) is 95.1 cm³/mol. The molecule has 1 heterocycles. The quantitative estimate of drug-likeness (QED) is 0.536. The lowest BCUT2D eigenvalue weighted by molar-refractivity contribution is -0.0663. The Morgan fingerprint density at radius 1 is 1.13 bits per heavy atom. The Labute approximate surface area is 141 Å². The van der Waals surface area contributed by atoms with Crippen LogP contribution in [0.25, 0.3) is 0 Å². The molecular formula is C21H30O2. The molecular weight excluding hydrogens is 284 g/mol. The molecule has 0 aliphatic carbocycles. The van der Waals surface area contributed by atoms with Crippen molar-refractivity contribution < 1.29 is 9.47 Å². The number of benzene rings is 1. The molecule has 0 amide bonds. The van der Waals surface area contributed by atoms with Gasteiger partial charge in [0.15, 0.2) is 0 Å². The molecule has 1 aliphatic rings. The van der Waals surface area contributed by atoms with E-state index in [1.165, 1.54) is 37.7 Å². The Bertz CT molecular complexity index is 472. The first-order chi connectivity index (χ1) is 11.4.